The summed E-state index contributed by atoms with van der Waals surface area (Å²) in [6.07, 6.45) is -4.85. The summed E-state index contributed by atoms with van der Waals surface area (Å²) in [4.78, 5) is 10.9. The average Bonchev–Trinajstić information content (AvgIpc) is 1.99. The number of phenols is 1. The molecule has 0 radical (unpaired) electrons. The largest absolute Gasteiger partial charge is 0.573 e. The first kappa shape index (κ1) is 11.4. The minimum absolute atomic E-state index is 0.0470. The molecule has 6 heteroatoms. The van der Waals surface area contributed by atoms with E-state index in [2.05, 4.69) is 4.74 Å². The van der Waals surface area contributed by atoms with Crippen molar-refractivity contribution in [2.75, 3.05) is 0 Å². The average molecular weight is 220 g/mol. The van der Waals surface area contributed by atoms with Crippen molar-refractivity contribution in [2.24, 2.45) is 0 Å². The monoisotopic (exact) mass is 220 g/mol. The molecule has 1 N–H and O–H groups in total. The minimum atomic E-state index is -4.85. The van der Waals surface area contributed by atoms with E-state index in [0.717, 1.165) is 18.2 Å². The number of ether oxygens (including phenoxy) is 1. The van der Waals surface area contributed by atoms with Gasteiger partial charge in [-0.1, -0.05) is 0 Å². The highest BCUT2D eigenvalue weighted by molar-refractivity contribution is 5.94. The number of phenolic OH excluding ortho intramolecular Hbond substituents is 1. The van der Waals surface area contributed by atoms with Gasteiger partial charge in [-0.05, 0) is 19.1 Å². The Kier molecular flexibility index (Phi) is 2.88. The van der Waals surface area contributed by atoms with E-state index in [1.54, 1.807) is 0 Å². The third kappa shape index (κ3) is 3.49. The van der Waals surface area contributed by atoms with Crippen LogP contribution in [-0.2, 0) is 0 Å². The van der Waals surface area contributed by atoms with Gasteiger partial charge < -0.3 is 9.84 Å². The molecule has 1 aromatic rings. The standard InChI is InChI=1S/C9H7F3O3/c1-5(13)6-2-7(14)4-8(3-6)15-9(10,11)12/h2-4,14H,1H3. The zero-order valence-electron chi connectivity index (χ0n) is 7.63. The fraction of sp³-hybridized carbons (Fsp3) is 0.222. The van der Waals surface area contributed by atoms with Gasteiger partial charge in [0.05, 0.1) is 0 Å². The fourth-order valence-electron chi connectivity index (χ4n) is 0.979. The Bertz CT molecular complexity index is 385. The maximum Gasteiger partial charge on any atom is 0.573 e. The van der Waals surface area contributed by atoms with Crippen LogP contribution in [0.4, 0.5) is 13.2 Å². The lowest BCUT2D eigenvalue weighted by atomic mass is 10.1. The zero-order valence-corrected chi connectivity index (χ0v) is 7.63. The van der Waals surface area contributed by atoms with Crippen molar-refractivity contribution < 1.29 is 27.8 Å². The third-order valence-electron chi connectivity index (χ3n) is 1.53. The van der Waals surface area contributed by atoms with Crippen molar-refractivity contribution in [3.63, 3.8) is 0 Å². The van der Waals surface area contributed by atoms with Crippen molar-refractivity contribution in [2.45, 2.75) is 13.3 Å². The van der Waals surface area contributed by atoms with E-state index in [-0.39, 0.29) is 5.56 Å². The van der Waals surface area contributed by atoms with Gasteiger partial charge in [0.2, 0.25) is 0 Å². The molecule has 1 rings (SSSR count). The number of benzene rings is 1. The summed E-state index contributed by atoms with van der Waals surface area (Å²) in [6.45, 7) is 1.17. The lowest BCUT2D eigenvalue weighted by molar-refractivity contribution is -0.274. The Labute approximate surface area is 83.1 Å². The molecule has 1 aromatic carbocycles. The predicted molar refractivity (Wildman–Crippen MR) is 44.8 cm³/mol. The number of Topliss-reactive ketones (excluding diaryl/α,β-unsaturated/α-hetero) is 1. The maximum atomic E-state index is 11.8. The highest BCUT2D eigenvalue weighted by Crippen LogP contribution is 2.27. The maximum absolute atomic E-state index is 11.8. The molecule has 82 valence electrons. The SMILES string of the molecule is CC(=O)c1cc(O)cc(OC(F)(F)F)c1. The Morgan fingerprint density at radius 1 is 1.33 bits per heavy atom. The van der Waals surface area contributed by atoms with Gasteiger partial charge >= 0.3 is 6.36 Å². The van der Waals surface area contributed by atoms with E-state index in [1.807, 2.05) is 0 Å². The first-order chi connectivity index (χ1) is 6.78. The van der Waals surface area contributed by atoms with Crippen molar-refractivity contribution in [3.05, 3.63) is 23.8 Å². The molecule has 0 fully saturated rings. The molecule has 0 unspecified atom stereocenters. The molecule has 0 aliphatic heterocycles. The van der Waals surface area contributed by atoms with Crippen molar-refractivity contribution in [1.29, 1.82) is 0 Å². The summed E-state index contributed by atoms with van der Waals surface area (Å²) in [5.41, 5.74) is -0.0470. The van der Waals surface area contributed by atoms with Gasteiger partial charge in [-0.2, -0.15) is 0 Å². The van der Waals surface area contributed by atoms with Crippen LogP contribution in [0.15, 0.2) is 18.2 Å². The summed E-state index contributed by atoms with van der Waals surface area (Å²) in [5.74, 6) is -1.53. The summed E-state index contributed by atoms with van der Waals surface area (Å²) in [5, 5.41) is 9.04. The van der Waals surface area contributed by atoms with Gasteiger partial charge in [0.25, 0.3) is 0 Å². The Morgan fingerprint density at radius 2 is 1.93 bits per heavy atom. The quantitative estimate of drug-likeness (QED) is 0.779. The van der Waals surface area contributed by atoms with E-state index in [4.69, 9.17) is 5.11 Å². The highest BCUT2D eigenvalue weighted by Gasteiger charge is 2.31. The summed E-state index contributed by atoms with van der Waals surface area (Å²) in [7, 11) is 0. The number of alkyl halides is 3. The van der Waals surface area contributed by atoms with Gasteiger partial charge in [-0.25, -0.2) is 0 Å². The summed E-state index contributed by atoms with van der Waals surface area (Å²) >= 11 is 0. The lowest BCUT2D eigenvalue weighted by Gasteiger charge is -2.09. The number of ketones is 1. The molecule has 0 aliphatic rings. The third-order valence-corrected chi connectivity index (χ3v) is 1.53. The van der Waals surface area contributed by atoms with Crippen LogP contribution in [0, 0.1) is 0 Å². The number of hydrogen-bond acceptors (Lipinski definition) is 3. The van der Waals surface area contributed by atoms with Crippen LogP contribution in [0.2, 0.25) is 0 Å². The van der Waals surface area contributed by atoms with Crippen LogP contribution in [0.5, 0.6) is 11.5 Å². The van der Waals surface area contributed by atoms with E-state index >= 15 is 0 Å². The van der Waals surface area contributed by atoms with Gasteiger partial charge in [0, 0.05) is 11.6 Å². The molecule has 0 spiro atoms. The molecule has 0 saturated heterocycles. The number of carbonyl (C=O) groups excluding carboxylic acids is 1. The van der Waals surface area contributed by atoms with Crippen molar-refractivity contribution in [3.8, 4) is 11.5 Å². The van der Waals surface area contributed by atoms with Crippen LogP contribution >= 0.6 is 0 Å². The van der Waals surface area contributed by atoms with Gasteiger partial charge in [0.1, 0.15) is 11.5 Å². The van der Waals surface area contributed by atoms with E-state index < -0.39 is 23.6 Å². The summed E-state index contributed by atoms with van der Waals surface area (Å²) < 4.78 is 39.0. The number of carbonyl (C=O) groups is 1. The molecule has 0 amide bonds. The Morgan fingerprint density at radius 3 is 2.40 bits per heavy atom. The Hall–Kier alpha value is -1.72. The molecule has 0 saturated carbocycles. The van der Waals surface area contributed by atoms with E-state index in [9.17, 15) is 18.0 Å². The van der Waals surface area contributed by atoms with Crippen LogP contribution in [-0.4, -0.2) is 17.3 Å². The number of hydrogen-bond donors (Lipinski definition) is 1. The van der Waals surface area contributed by atoms with Gasteiger partial charge in [-0.3, -0.25) is 4.79 Å². The second-order valence-corrected chi connectivity index (χ2v) is 2.82. The first-order valence-corrected chi connectivity index (χ1v) is 3.88. The fourth-order valence-corrected chi connectivity index (χ4v) is 0.979. The molecule has 0 aromatic heterocycles. The van der Waals surface area contributed by atoms with Gasteiger partial charge in [0.15, 0.2) is 5.78 Å². The molecule has 0 bridgehead atoms. The first-order valence-electron chi connectivity index (χ1n) is 3.88. The molecular formula is C9H7F3O3. The van der Waals surface area contributed by atoms with Crippen LogP contribution in [0.3, 0.4) is 0 Å². The number of rotatable bonds is 2. The lowest BCUT2D eigenvalue weighted by Crippen LogP contribution is -2.17. The predicted octanol–water partition coefficient (Wildman–Crippen LogP) is 2.49. The van der Waals surface area contributed by atoms with Crippen LogP contribution < -0.4 is 4.74 Å². The molecule has 0 heterocycles. The minimum Gasteiger partial charge on any atom is -0.508 e. The van der Waals surface area contributed by atoms with Crippen LogP contribution in [0.1, 0.15) is 17.3 Å². The van der Waals surface area contributed by atoms with E-state index in [0.29, 0.717) is 0 Å². The second-order valence-electron chi connectivity index (χ2n) is 2.82. The second kappa shape index (κ2) is 3.80. The molecule has 0 atom stereocenters. The smallest absolute Gasteiger partial charge is 0.508 e. The van der Waals surface area contributed by atoms with E-state index in [1.165, 1.54) is 6.92 Å². The normalized spacial score (nSPS) is 11.2. The van der Waals surface area contributed by atoms with Crippen molar-refractivity contribution in [1.82, 2.24) is 0 Å². The van der Waals surface area contributed by atoms with Crippen molar-refractivity contribution >= 4 is 5.78 Å². The number of aromatic hydroxyl groups is 1. The highest BCUT2D eigenvalue weighted by atomic mass is 19.4. The molecule has 3 nitrogen and oxygen atoms in total. The number of halogens is 3. The summed E-state index contributed by atoms with van der Waals surface area (Å²) in [6, 6.07) is 2.75. The Balaban J connectivity index is 3.04. The molecular weight excluding hydrogens is 213 g/mol. The zero-order chi connectivity index (χ0) is 11.6. The molecule has 15 heavy (non-hydrogen) atoms. The van der Waals surface area contributed by atoms with Gasteiger partial charge in [-0.15, -0.1) is 13.2 Å². The van der Waals surface area contributed by atoms with Crippen LogP contribution in [0.25, 0.3) is 0 Å². The topological polar surface area (TPSA) is 46.5 Å². The molecule has 0 aliphatic carbocycles.